The van der Waals surface area contributed by atoms with E-state index in [-0.39, 0.29) is 19.4 Å². The molecule has 0 aliphatic carbocycles. The van der Waals surface area contributed by atoms with Crippen LogP contribution in [0.4, 0.5) is 0 Å². The van der Waals surface area contributed by atoms with Gasteiger partial charge < -0.3 is 25.2 Å². The molecule has 0 saturated heterocycles. The zero-order valence-corrected chi connectivity index (χ0v) is 39.2. The summed E-state index contributed by atoms with van der Waals surface area (Å²) in [5.74, 6) is -2.38. The Hall–Kier alpha value is -2.04. The molecule has 4 N–H and O–H groups in total. The molecule has 3 atom stereocenters. The lowest BCUT2D eigenvalue weighted by molar-refractivity contribution is -0.161. The third kappa shape index (κ3) is 42.6. The molecule has 60 heavy (non-hydrogen) atoms. The number of carboxylic acid groups (broad SMARTS) is 1. The molecule has 0 heterocycles. The maximum Gasteiger partial charge on any atom is 0.472 e. The Bertz CT molecular complexity index is 1120. The van der Waals surface area contributed by atoms with Gasteiger partial charge in [0.2, 0.25) is 0 Å². The Kier molecular flexibility index (Phi) is 42.1. The Balaban J connectivity index is 4.25. The van der Waals surface area contributed by atoms with E-state index in [1.165, 1.54) is 135 Å². The zero-order chi connectivity index (χ0) is 44.2. The number of carboxylic acids is 1. The van der Waals surface area contributed by atoms with Crippen molar-refractivity contribution in [2.75, 3.05) is 19.8 Å². The number of carbonyl (C=O) groups excluding carboxylic acids is 2. The van der Waals surface area contributed by atoms with Crippen LogP contribution in [0.15, 0.2) is 24.3 Å². The van der Waals surface area contributed by atoms with E-state index in [4.69, 9.17) is 24.8 Å². The second kappa shape index (κ2) is 43.6. The van der Waals surface area contributed by atoms with Gasteiger partial charge in [0.15, 0.2) is 6.10 Å². The smallest absolute Gasteiger partial charge is 0.472 e. The van der Waals surface area contributed by atoms with Gasteiger partial charge in [-0.2, -0.15) is 0 Å². The van der Waals surface area contributed by atoms with E-state index in [1.54, 1.807) is 0 Å². The van der Waals surface area contributed by atoms with Crippen molar-refractivity contribution in [2.24, 2.45) is 5.73 Å². The molecule has 0 aliphatic rings. The largest absolute Gasteiger partial charge is 0.480 e. The zero-order valence-electron chi connectivity index (χ0n) is 38.3. The topological polar surface area (TPSA) is 172 Å². The number of phosphoric ester groups is 1. The van der Waals surface area contributed by atoms with Crippen LogP contribution in [-0.4, -0.2) is 59.9 Å². The molecule has 0 radical (unpaired) electrons. The van der Waals surface area contributed by atoms with Crippen LogP contribution in [0.2, 0.25) is 0 Å². The fourth-order valence-corrected chi connectivity index (χ4v) is 7.60. The van der Waals surface area contributed by atoms with E-state index >= 15 is 0 Å². The molecular weight excluding hydrogens is 781 g/mol. The molecule has 0 amide bonds. The van der Waals surface area contributed by atoms with Crippen LogP contribution < -0.4 is 5.73 Å². The molecule has 0 spiro atoms. The Morgan fingerprint density at radius 3 is 1.22 bits per heavy atom. The summed E-state index contributed by atoms with van der Waals surface area (Å²) < 4.78 is 32.8. The molecular formula is C48H90NO10P. The molecule has 0 aromatic heterocycles. The van der Waals surface area contributed by atoms with Crippen LogP contribution in [0.25, 0.3) is 0 Å². The third-order valence-electron chi connectivity index (χ3n) is 10.7. The average molecular weight is 872 g/mol. The first kappa shape index (κ1) is 58.0. The number of aliphatic carboxylic acids is 1. The first-order valence-electron chi connectivity index (χ1n) is 24.4. The van der Waals surface area contributed by atoms with Crippen LogP contribution in [0.1, 0.15) is 232 Å². The maximum atomic E-state index is 12.6. The van der Waals surface area contributed by atoms with Gasteiger partial charge in [0.1, 0.15) is 12.6 Å². The van der Waals surface area contributed by atoms with Gasteiger partial charge in [-0.3, -0.25) is 23.4 Å². The summed E-state index contributed by atoms with van der Waals surface area (Å²) >= 11 is 0. The van der Waals surface area contributed by atoms with Gasteiger partial charge in [0.25, 0.3) is 0 Å². The summed E-state index contributed by atoms with van der Waals surface area (Å²) in [6, 6.07) is -1.52. The molecule has 0 fully saturated rings. The number of rotatable bonds is 46. The quantitative estimate of drug-likeness (QED) is 0.0230. The summed E-state index contributed by atoms with van der Waals surface area (Å²) in [7, 11) is -4.72. The minimum Gasteiger partial charge on any atom is -0.480 e. The number of allylic oxidation sites excluding steroid dienone is 4. The SMILES string of the molecule is CCCCCCCC/C=C\CCCCCCCCCCCCCC(=O)OC[C@H](COP(=O)(O)OC[C@H](N)C(=O)O)OC(=O)CCCCCCC/C=C\CCCCCCCC. The van der Waals surface area contributed by atoms with Gasteiger partial charge in [-0.25, -0.2) is 4.57 Å². The Labute approximate surface area is 366 Å². The number of esters is 2. The molecule has 352 valence electrons. The number of unbranched alkanes of at least 4 members (excludes halogenated alkanes) is 28. The van der Waals surface area contributed by atoms with Gasteiger partial charge in [-0.1, -0.05) is 179 Å². The summed E-state index contributed by atoms with van der Waals surface area (Å²) in [6.07, 6.45) is 46.7. The second-order valence-corrected chi connectivity index (χ2v) is 18.0. The predicted molar refractivity (Wildman–Crippen MR) is 245 cm³/mol. The number of hydrogen-bond donors (Lipinski definition) is 3. The van der Waals surface area contributed by atoms with Crippen LogP contribution in [-0.2, 0) is 37.5 Å². The second-order valence-electron chi connectivity index (χ2n) is 16.6. The van der Waals surface area contributed by atoms with Gasteiger partial charge >= 0.3 is 25.7 Å². The molecule has 0 rings (SSSR count). The number of ether oxygens (including phenoxy) is 2. The normalized spacial score (nSPS) is 13.8. The van der Waals surface area contributed by atoms with Crippen molar-refractivity contribution >= 4 is 25.7 Å². The van der Waals surface area contributed by atoms with E-state index in [2.05, 4.69) is 42.7 Å². The lowest BCUT2D eigenvalue weighted by Crippen LogP contribution is -2.34. The minimum atomic E-state index is -4.72. The Morgan fingerprint density at radius 2 is 0.833 bits per heavy atom. The summed E-state index contributed by atoms with van der Waals surface area (Å²) in [5, 5.41) is 8.90. The first-order valence-corrected chi connectivity index (χ1v) is 25.9. The van der Waals surface area contributed by atoms with Gasteiger partial charge in [0, 0.05) is 12.8 Å². The van der Waals surface area contributed by atoms with Crippen LogP contribution in [0.3, 0.4) is 0 Å². The highest BCUT2D eigenvalue weighted by Crippen LogP contribution is 2.43. The van der Waals surface area contributed by atoms with Crippen LogP contribution in [0.5, 0.6) is 0 Å². The van der Waals surface area contributed by atoms with Crippen molar-refractivity contribution in [1.29, 1.82) is 0 Å². The molecule has 1 unspecified atom stereocenters. The van der Waals surface area contributed by atoms with Crippen molar-refractivity contribution in [3.8, 4) is 0 Å². The molecule has 0 aliphatic heterocycles. The van der Waals surface area contributed by atoms with E-state index in [1.807, 2.05) is 0 Å². The number of hydrogen-bond acceptors (Lipinski definition) is 9. The third-order valence-corrected chi connectivity index (χ3v) is 11.6. The fraction of sp³-hybridized carbons (Fsp3) is 0.854. The Morgan fingerprint density at radius 1 is 0.500 bits per heavy atom. The molecule has 0 aromatic rings. The lowest BCUT2D eigenvalue weighted by atomic mass is 10.0. The molecule has 12 heteroatoms. The van der Waals surface area contributed by atoms with Crippen molar-refractivity contribution < 1.29 is 47.5 Å². The van der Waals surface area contributed by atoms with Crippen molar-refractivity contribution in [2.45, 2.75) is 244 Å². The van der Waals surface area contributed by atoms with Crippen molar-refractivity contribution in [3.05, 3.63) is 24.3 Å². The highest BCUT2D eigenvalue weighted by Gasteiger charge is 2.28. The van der Waals surface area contributed by atoms with Gasteiger partial charge in [-0.15, -0.1) is 0 Å². The van der Waals surface area contributed by atoms with E-state index < -0.39 is 51.1 Å². The van der Waals surface area contributed by atoms with Crippen molar-refractivity contribution in [3.63, 3.8) is 0 Å². The first-order chi connectivity index (χ1) is 29.1. The fourth-order valence-electron chi connectivity index (χ4n) is 6.82. The van der Waals surface area contributed by atoms with Crippen LogP contribution >= 0.6 is 7.82 Å². The predicted octanol–water partition coefficient (Wildman–Crippen LogP) is 13.4. The summed E-state index contributed by atoms with van der Waals surface area (Å²) in [4.78, 5) is 46.1. The van der Waals surface area contributed by atoms with Gasteiger partial charge in [0.05, 0.1) is 13.2 Å². The molecule has 0 bridgehead atoms. The number of nitrogens with two attached hydrogens (primary N) is 1. The molecule has 11 nitrogen and oxygen atoms in total. The highest BCUT2D eigenvalue weighted by atomic mass is 31.2. The molecule has 0 saturated carbocycles. The average Bonchev–Trinajstić information content (AvgIpc) is 3.22. The monoisotopic (exact) mass is 872 g/mol. The van der Waals surface area contributed by atoms with Crippen molar-refractivity contribution in [1.82, 2.24) is 0 Å². The maximum absolute atomic E-state index is 12.6. The number of carbonyl (C=O) groups is 3. The summed E-state index contributed by atoms with van der Waals surface area (Å²) in [5.41, 5.74) is 5.34. The minimum absolute atomic E-state index is 0.153. The highest BCUT2D eigenvalue weighted by molar-refractivity contribution is 7.47. The number of phosphoric acid groups is 1. The van der Waals surface area contributed by atoms with E-state index in [0.717, 1.165) is 57.8 Å². The summed E-state index contributed by atoms with van der Waals surface area (Å²) in [6.45, 7) is 2.81. The molecule has 0 aromatic carbocycles. The van der Waals surface area contributed by atoms with E-state index in [0.29, 0.717) is 12.8 Å². The standard InChI is InChI=1S/C48H90NO10P/c1-3-5-7-9-11-13-15-17-19-20-21-22-23-24-26-27-29-31-33-35-37-39-46(50)56-41-44(42-57-60(54,55)58-43-45(49)48(52)53)59-47(51)40-38-36-34-32-30-28-25-18-16-14-12-10-8-6-4-2/h17-19,25,44-45H,3-16,20-24,26-43,49H2,1-2H3,(H,52,53)(H,54,55)/b19-17-,25-18-/t44-,45+/m1/s1. The van der Waals surface area contributed by atoms with E-state index in [9.17, 15) is 23.8 Å². The lowest BCUT2D eigenvalue weighted by Gasteiger charge is -2.20. The van der Waals surface area contributed by atoms with Crippen LogP contribution in [0, 0.1) is 0 Å². The van der Waals surface area contributed by atoms with Gasteiger partial charge in [-0.05, 0) is 64.2 Å².